The molecule has 1 aromatic rings. The van der Waals surface area contributed by atoms with E-state index in [0.717, 1.165) is 12.0 Å². The molecule has 1 amide bonds. The molecule has 1 atom stereocenters. The van der Waals surface area contributed by atoms with Gasteiger partial charge in [0.15, 0.2) is 10.4 Å². The van der Waals surface area contributed by atoms with Crippen LogP contribution in [0.15, 0.2) is 15.2 Å². The van der Waals surface area contributed by atoms with Crippen LogP contribution in [0.5, 0.6) is 0 Å². The van der Waals surface area contributed by atoms with E-state index in [2.05, 4.69) is 21.2 Å². The largest absolute Gasteiger partial charge is 0.444 e. The van der Waals surface area contributed by atoms with Crippen molar-refractivity contribution in [2.75, 3.05) is 6.54 Å². The molecule has 0 saturated carbocycles. The van der Waals surface area contributed by atoms with Crippen molar-refractivity contribution in [3.8, 4) is 0 Å². The Kier molecular flexibility index (Phi) is 5.02. The molecule has 1 heterocycles. The zero-order valence-corrected chi connectivity index (χ0v) is 11.0. The van der Waals surface area contributed by atoms with Crippen LogP contribution in [-0.2, 0) is 0 Å². The Morgan fingerprint density at radius 2 is 2.38 bits per heavy atom. The molecule has 16 heavy (non-hydrogen) atoms. The molecule has 0 radical (unpaired) electrons. The molecule has 4 nitrogen and oxygen atoms in total. The first kappa shape index (κ1) is 13.3. The molecule has 0 fully saturated rings. The second kappa shape index (κ2) is 6.06. The molecule has 1 unspecified atom stereocenters. The van der Waals surface area contributed by atoms with E-state index in [1.807, 2.05) is 6.92 Å². The fraction of sp³-hybridized carbons (Fsp3) is 0.545. The van der Waals surface area contributed by atoms with Gasteiger partial charge in [0.1, 0.15) is 0 Å². The second-order valence-corrected chi connectivity index (χ2v) is 4.50. The minimum absolute atomic E-state index is 0.254. The lowest BCUT2D eigenvalue weighted by Gasteiger charge is -2.09. The third-order valence-electron chi connectivity index (χ3n) is 2.21. The predicted molar refractivity (Wildman–Crippen MR) is 64.4 cm³/mol. The molecular formula is C11H16BrNO3. The first-order chi connectivity index (χ1) is 7.54. The third kappa shape index (κ3) is 3.64. The molecule has 90 valence electrons. The Morgan fingerprint density at radius 3 is 2.88 bits per heavy atom. The van der Waals surface area contributed by atoms with Crippen molar-refractivity contribution in [1.82, 2.24) is 5.32 Å². The summed E-state index contributed by atoms with van der Waals surface area (Å²) in [4.78, 5) is 11.7. The number of halogens is 1. The van der Waals surface area contributed by atoms with Gasteiger partial charge in [-0.1, -0.05) is 13.3 Å². The number of hydrogen-bond acceptors (Lipinski definition) is 3. The number of aryl methyl sites for hydroxylation is 1. The van der Waals surface area contributed by atoms with E-state index in [-0.39, 0.29) is 18.2 Å². The minimum atomic E-state index is -0.493. The first-order valence-corrected chi connectivity index (χ1v) is 6.06. The maximum absolute atomic E-state index is 11.7. The molecule has 2 N–H and O–H groups in total. The van der Waals surface area contributed by atoms with Gasteiger partial charge in [0.25, 0.3) is 5.91 Å². The van der Waals surface area contributed by atoms with Crippen molar-refractivity contribution in [2.45, 2.75) is 32.8 Å². The first-order valence-electron chi connectivity index (χ1n) is 5.26. The SMILES string of the molecule is CCCC(O)CNC(=O)c1oc(Br)cc1C. The van der Waals surface area contributed by atoms with Crippen LogP contribution in [0.4, 0.5) is 0 Å². The van der Waals surface area contributed by atoms with E-state index in [1.54, 1.807) is 13.0 Å². The van der Waals surface area contributed by atoms with Crippen LogP contribution in [0.3, 0.4) is 0 Å². The van der Waals surface area contributed by atoms with Gasteiger partial charge >= 0.3 is 0 Å². The van der Waals surface area contributed by atoms with Gasteiger partial charge in [-0.3, -0.25) is 4.79 Å². The maximum atomic E-state index is 11.7. The van der Waals surface area contributed by atoms with E-state index >= 15 is 0 Å². The number of carbonyl (C=O) groups is 1. The van der Waals surface area contributed by atoms with Crippen LogP contribution in [0, 0.1) is 6.92 Å². The van der Waals surface area contributed by atoms with E-state index in [9.17, 15) is 9.90 Å². The summed E-state index contributed by atoms with van der Waals surface area (Å²) in [7, 11) is 0. The summed E-state index contributed by atoms with van der Waals surface area (Å²) in [6, 6.07) is 1.73. The fourth-order valence-electron chi connectivity index (χ4n) is 1.39. The van der Waals surface area contributed by atoms with E-state index in [0.29, 0.717) is 11.1 Å². The van der Waals surface area contributed by atoms with Gasteiger partial charge < -0.3 is 14.8 Å². The summed E-state index contributed by atoms with van der Waals surface area (Å²) in [6.07, 6.45) is 1.08. The highest BCUT2D eigenvalue weighted by Crippen LogP contribution is 2.19. The van der Waals surface area contributed by atoms with Gasteiger partial charge in [-0.25, -0.2) is 0 Å². The molecule has 0 aliphatic rings. The fourth-order valence-corrected chi connectivity index (χ4v) is 1.90. The minimum Gasteiger partial charge on any atom is -0.444 e. The Balaban J connectivity index is 2.50. The van der Waals surface area contributed by atoms with Gasteiger partial charge in [-0.15, -0.1) is 0 Å². The summed E-state index contributed by atoms with van der Waals surface area (Å²) >= 11 is 3.16. The van der Waals surface area contributed by atoms with Crippen molar-refractivity contribution in [3.63, 3.8) is 0 Å². The van der Waals surface area contributed by atoms with Crippen molar-refractivity contribution in [2.24, 2.45) is 0 Å². The lowest BCUT2D eigenvalue weighted by Crippen LogP contribution is -2.32. The zero-order chi connectivity index (χ0) is 12.1. The van der Waals surface area contributed by atoms with Crippen LogP contribution < -0.4 is 5.32 Å². The Hall–Kier alpha value is -0.810. The van der Waals surface area contributed by atoms with Crippen LogP contribution in [0.25, 0.3) is 0 Å². The molecule has 0 aliphatic heterocycles. The topological polar surface area (TPSA) is 62.5 Å². The molecule has 0 spiro atoms. The summed E-state index contributed by atoms with van der Waals surface area (Å²) in [5.41, 5.74) is 0.773. The quantitative estimate of drug-likeness (QED) is 0.874. The maximum Gasteiger partial charge on any atom is 0.287 e. The number of aliphatic hydroxyl groups excluding tert-OH is 1. The number of hydrogen-bond donors (Lipinski definition) is 2. The zero-order valence-electron chi connectivity index (χ0n) is 9.42. The van der Waals surface area contributed by atoms with Crippen LogP contribution in [0.1, 0.15) is 35.9 Å². The summed E-state index contributed by atoms with van der Waals surface area (Å²) in [6.45, 7) is 4.04. The Labute approximate surface area is 103 Å². The van der Waals surface area contributed by atoms with E-state index < -0.39 is 6.10 Å². The Morgan fingerprint density at radius 1 is 1.69 bits per heavy atom. The highest BCUT2D eigenvalue weighted by Gasteiger charge is 2.15. The van der Waals surface area contributed by atoms with Gasteiger partial charge in [0.2, 0.25) is 0 Å². The number of rotatable bonds is 5. The molecule has 0 aliphatic carbocycles. The molecule has 0 saturated heterocycles. The number of aliphatic hydroxyl groups is 1. The van der Waals surface area contributed by atoms with Gasteiger partial charge in [0.05, 0.1) is 6.10 Å². The molecule has 5 heteroatoms. The normalized spacial score (nSPS) is 12.5. The molecule has 1 rings (SSSR count). The summed E-state index contributed by atoms with van der Waals surface area (Å²) in [5.74, 6) is -0.00562. The van der Waals surface area contributed by atoms with Gasteiger partial charge in [-0.2, -0.15) is 0 Å². The average Bonchev–Trinajstić information content (AvgIpc) is 2.55. The van der Waals surface area contributed by atoms with Crippen molar-refractivity contribution >= 4 is 21.8 Å². The van der Waals surface area contributed by atoms with E-state index in [4.69, 9.17) is 4.42 Å². The van der Waals surface area contributed by atoms with Gasteiger partial charge in [-0.05, 0) is 35.3 Å². The number of nitrogens with one attached hydrogen (secondary N) is 1. The average molecular weight is 290 g/mol. The third-order valence-corrected chi connectivity index (χ3v) is 2.60. The van der Waals surface area contributed by atoms with Gasteiger partial charge in [0, 0.05) is 12.1 Å². The second-order valence-electron chi connectivity index (χ2n) is 3.72. The monoisotopic (exact) mass is 289 g/mol. The molecule has 0 bridgehead atoms. The predicted octanol–water partition coefficient (Wildman–Crippen LogP) is 2.24. The van der Waals surface area contributed by atoms with Crippen LogP contribution in [0.2, 0.25) is 0 Å². The lowest BCUT2D eigenvalue weighted by molar-refractivity contribution is 0.0881. The number of carbonyl (C=O) groups excluding carboxylic acids is 1. The highest BCUT2D eigenvalue weighted by molar-refractivity contribution is 9.10. The van der Waals surface area contributed by atoms with Crippen LogP contribution in [-0.4, -0.2) is 23.7 Å². The highest BCUT2D eigenvalue weighted by atomic mass is 79.9. The molecular weight excluding hydrogens is 274 g/mol. The Bertz CT molecular complexity index is 362. The summed E-state index contributed by atoms with van der Waals surface area (Å²) in [5, 5.41) is 12.1. The number of amides is 1. The van der Waals surface area contributed by atoms with E-state index in [1.165, 1.54) is 0 Å². The number of furan rings is 1. The standard InChI is InChI=1S/C11H16BrNO3/c1-3-4-8(14)6-13-11(15)10-7(2)5-9(12)16-10/h5,8,14H,3-4,6H2,1-2H3,(H,13,15). The molecule has 1 aromatic heterocycles. The lowest BCUT2D eigenvalue weighted by atomic mass is 10.2. The van der Waals surface area contributed by atoms with Crippen LogP contribution >= 0.6 is 15.9 Å². The molecule has 0 aromatic carbocycles. The van der Waals surface area contributed by atoms with Crippen molar-refractivity contribution < 1.29 is 14.3 Å². The summed E-state index contributed by atoms with van der Waals surface area (Å²) < 4.78 is 5.72. The smallest absolute Gasteiger partial charge is 0.287 e. The van der Waals surface area contributed by atoms with Crippen molar-refractivity contribution in [1.29, 1.82) is 0 Å². The van der Waals surface area contributed by atoms with Crippen molar-refractivity contribution in [3.05, 3.63) is 22.1 Å².